The third-order valence-corrected chi connectivity index (χ3v) is 6.95. The monoisotopic (exact) mass is 438 g/mol. The number of nitrogens with zero attached hydrogens (tertiary/aromatic N) is 1. The van der Waals surface area contributed by atoms with Crippen LogP contribution in [0.5, 0.6) is 0 Å². The molecule has 0 aromatic heterocycles. The van der Waals surface area contributed by atoms with Crippen LogP contribution < -0.4 is 9.62 Å². The van der Waals surface area contributed by atoms with Gasteiger partial charge in [0.1, 0.15) is 0 Å². The number of Topliss-reactive ketones (excluding diaryl/α,β-unsaturated/α-hetero) is 1. The molecule has 0 unspecified atom stereocenters. The highest BCUT2D eigenvalue weighted by atomic mass is 35.5. The molecule has 1 aliphatic heterocycles. The third kappa shape index (κ3) is 3.72. The molecule has 1 heterocycles. The minimum Gasteiger partial charge on any atom is -0.359 e. The highest BCUT2D eigenvalue weighted by Crippen LogP contribution is 2.36. The average molecular weight is 439 g/mol. The summed E-state index contributed by atoms with van der Waals surface area (Å²) in [5.41, 5.74) is 3.09. The van der Waals surface area contributed by atoms with E-state index in [9.17, 15) is 13.2 Å². The molecule has 1 aliphatic rings. The summed E-state index contributed by atoms with van der Waals surface area (Å²) in [7, 11) is -4.08. The molecule has 4 rings (SSSR count). The quantitative estimate of drug-likeness (QED) is 0.573. The van der Waals surface area contributed by atoms with E-state index in [4.69, 9.17) is 11.6 Å². The van der Waals surface area contributed by atoms with Gasteiger partial charge in [0.25, 0.3) is 10.0 Å². The van der Waals surface area contributed by atoms with Gasteiger partial charge >= 0.3 is 0 Å². The number of carbonyl (C=O) groups excluding carboxylic acids is 1. The normalized spacial score (nSPS) is 16.4. The van der Waals surface area contributed by atoms with Gasteiger partial charge < -0.3 is 5.32 Å². The van der Waals surface area contributed by atoms with Crippen molar-refractivity contribution in [2.45, 2.75) is 13.5 Å². The lowest BCUT2D eigenvalue weighted by Crippen LogP contribution is -2.39. The Morgan fingerprint density at radius 2 is 1.73 bits per heavy atom. The number of fused-ring (bicyclic) bond motifs is 1. The number of sulfonamides is 1. The summed E-state index contributed by atoms with van der Waals surface area (Å²) in [5, 5.41) is 3.30. The molecular weight excluding hydrogens is 420 g/mol. The van der Waals surface area contributed by atoms with Gasteiger partial charge in [0.2, 0.25) is 5.78 Å². The summed E-state index contributed by atoms with van der Waals surface area (Å²) in [6, 6.07) is 21.3. The number of carbonyl (C=O) groups is 1. The van der Waals surface area contributed by atoms with Crippen molar-refractivity contribution < 1.29 is 13.2 Å². The predicted molar refractivity (Wildman–Crippen MR) is 120 cm³/mol. The molecule has 152 valence electrons. The van der Waals surface area contributed by atoms with Crippen LogP contribution in [-0.4, -0.2) is 14.2 Å². The topological polar surface area (TPSA) is 66.5 Å². The van der Waals surface area contributed by atoms with E-state index in [2.05, 4.69) is 5.32 Å². The molecule has 3 aromatic carbocycles. The smallest absolute Gasteiger partial charge is 0.270 e. The summed E-state index contributed by atoms with van der Waals surface area (Å²) < 4.78 is 28.2. The van der Waals surface area contributed by atoms with Crippen molar-refractivity contribution in [2.24, 2.45) is 0 Å². The molecule has 0 saturated heterocycles. The van der Waals surface area contributed by atoms with Crippen LogP contribution in [0.3, 0.4) is 0 Å². The number of nitrogens with one attached hydrogen (secondary N) is 1. The van der Waals surface area contributed by atoms with Crippen LogP contribution >= 0.6 is 11.6 Å². The van der Waals surface area contributed by atoms with Crippen LogP contribution in [0.1, 0.15) is 21.5 Å². The highest BCUT2D eigenvalue weighted by Gasteiger charge is 2.40. The largest absolute Gasteiger partial charge is 0.359 e. The molecule has 0 radical (unpaired) electrons. The molecule has 0 amide bonds. The summed E-state index contributed by atoms with van der Waals surface area (Å²) >= 11 is 6.14. The zero-order valence-electron chi connectivity index (χ0n) is 16.2. The predicted octanol–water partition coefficient (Wildman–Crippen LogP) is 5.13. The van der Waals surface area contributed by atoms with Gasteiger partial charge in [0, 0.05) is 11.8 Å². The summed E-state index contributed by atoms with van der Waals surface area (Å²) in [6.45, 7) is 2.07. The molecule has 5 nitrogen and oxygen atoms in total. The zero-order chi connectivity index (χ0) is 21.3. The SMILES string of the molecule is Cc1cccc(CN2c3ccccc3C(=O)/C(=C/Nc3ccccc3Cl)S2(=O)=O)c1. The number of rotatable bonds is 4. The van der Waals surface area contributed by atoms with Gasteiger partial charge in [0.15, 0.2) is 4.91 Å². The van der Waals surface area contributed by atoms with Crippen molar-refractivity contribution in [1.29, 1.82) is 0 Å². The second-order valence-corrected chi connectivity index (χ2v) is 9.22. The fourth-order valence-corrected chi connectivity index (χ4v) is 5.11. The van der Waals surface area contributed by atoms with Crippen molar-refractivity contribution in [1.82, 2.24) is 0 Å². The lowest BCUT2D eigenvalue weighted by Gasteiger charge is -2.31. The van der Waals surface area contributed by atoms with Crippen molar-refractivity contribution >= 4 is 38.8 Å². The summed E-state index contributed by atoms with van der Waals surface area (Å²) in [6.07, 6.45) is 1.22. The highest BCUT2D eigenvalue weighted by molar-refractivity contribution is 7.97. The summed E-state index contributed by atoms with van der Waals surface area (Å²) in [4.78, 5) is 12.7. The first-order valence-electron chi connectivity index (χ1n) is 9.31. The van der Waals surface area contributed by atoms with Crippen LogP contribution in [0.15, 0.2) is 83.9 Å². The second-order valence-electron chi connectivity index (χ2n) is 6.98. The average Bonchev–Trinajstić information content (AvgIpc) is 2.72. The van der Waals surface area contributed by atoms with Gasteiger partial charge in [0.05, 0.1) is 22.9 Å². The lowest BCUT2D eigenvalue weighted by molar-refractivity contribution is 0.104. The maximum absolute atomic E-state index is 13.4. The van der Waals surface area contributed by atoms with E-state index in [1.54, 1.807) is 48.5 Å². The van der Waals surface area contributed by atoms with Crippen molar-refractivity contribution in [3.05, 3.63) is 106 Å². The van der Waals surface area contributed by atoms with Gasteiger partial charge in [-0.3, -0.25) is 9.10 Å². The molecule has 3 aromatic rings. The molecule has 1 N–H and O–H groups in total. The van der Waals surface area contributed by atoms with Crippen LogP contribution in [0.25, 0.3) is 0 Å². The number of ketones is 1. The summed E-state index contributed by atoms with van der Waals surface area (Å²) in [5.74, 6) is -0.550. The molecular formula is C23H19ClN2O3S. The number of hydrogen-bond acceptors (Lipinski definition) is 4. The fraction of sp³-hybridized carbons (Fsp3) is 0.0870. The Bertz CT molecular complexity index is 1270. The first-order chi connectivity index (χ1) is 14.4. The number of anilines is 2. The van der Waals surface area contributed by atoms with E-state index in [0.29, 0.717) is 22.0 Å². The molecule has 7 heteroatoms. The van der Waals surface area contributed by atoms with Gasteiger partial charge in [-0.15, -0.1) is 0 Å². The van der Waals surface area contributed by atoms with Crippen LogP contribution in [0.2, 0.25) is 5.02 Å². The van der Waals surface area contributed by atoms with E-state index in [-0.39, 0.29) is 11.4 Å². The molecule has 0 bridgehead atoms. The maximum Gasteiger partial charge on any atom is 0.270 e. The molecule has 0 aliphatic carbocycles. The molecule has 0 fully saturated rings. The van der Waals surface area contributed by atoms with Gasteiger partial charge in [-0.05, 0) is 36.8 Å². The van der Waals surface area contributed by atoms with Crippen molar-refractivity contribution in [3.8, 4) is 0 Å². The fourth-order valence-electron chi connectivity index (χ4n) is 3.39. The first-order valence-corrected chi connectivity index (χ1v) is 11.1. The number of allylic oxidation sites excluding steroid dienone is 1. The molecule has 30 heavy (non-hydrogen) atoms. The first kappa shape index (κ1) is 20.2. The van der Waals surface area contributed by atoms with E-state index < -0.39 is 15.8 Å². The van der Waals surface area contributed by atoms with Crippen molar-refractivity contribution in [2.75, 3.05) is 9.62 Å². The minimum absolute atomic E-state index is 0.123. The van der Waals surface area contributed by atoms with Gasteiger partial charge in [-0.2, -0.15) is 0 Å². The standard InChI is InChI=1S/C23H19ClN2O3S/c1-16-7-6-8-17(13-16)15-26-21-12-5-2-9-18(21)23(27)22(30(26,28)29)14-25-20-11-4-3-10-19(20)24/h2-14,25H,15H2,1H3/b22-14-. The number of benzene rings is 3. The lowest BCUT2D eigenvalue weighted by atomic mass is 10.1. The second kappa shape index (κ2) is 7.97. The van der Waals surface area contributed by atoms with Crippen LogP contribution in [0, 0.1) is 6.92 Å². The molecule has 0 saturated carbocycles. The Morgan fingerprint density at radius 1 is 1.00 bits per heavy atom. The molecule has 0 atom stereocenters. The van der Waals surface area contributed by atoms with E-state index in [1.165, 1.54) is 10.5 Å². The number of para-hydroxylation sites is 2. The third-order valence-electron chi connectivity index (χ3n) is 4.85. The Labute approximate surface area is 180 Å². The Balaban J connectivity index is 1.80. The number of hydrogen-bond donors (Lipinski definition) is 1. The van der Waals surface area contributed by atoms with Gasteiger partial charge in [-0.25, -0.2) is 8.42 Å². The minimum atomic E-state index is -4.08. The van der Waals surface area contributed by atoms with Crippen LogP contribution in [-0.2, 0) is 16.6 Å². The molecule has 0 spiro atoms. The maximum atomic E-state index is 13.4. The Kier molecular flexibility index (Phi) is 5.37. The number of halogens is 1. The Hall–Kier alpha value is -3.09. The number of aryl methyl sites for hydroxylation is 1. The van der Waals surface area contributed by atoms with Gasteiger partial charge in [-0.1, -0.05) is 65.7 Å². The van der Waals surface area contributed by atoms with Crippen LogP contribution in [0.4, 0.5) is 11.4 Å². The van der Waals surface area contributed by atoms with E-state index >= 15 is 0 Å². The van der Waals surface area contributed by atoms with E-state index in [1.807, 2.05) is 31.2 Å². The van der Waals surface area contributed by atoms with Crippen molar-refractivity contribution in [3.63, 3.8) is 0 Å². The zero-order valence-corrected chi connectivity index (χ0v) is 17.7. The Morgan fingerprint density at radius 3 is 2.50 bits per heavy atom. The van der Waals surface area contributed by atoms with E-state index in [0.717, 1.165) is 11.1 Å².